The second kappa shape index (κ2) is 13.1. The van der Waals surface area contributed by atoms with Crippen LogP contribution >= 0.6 is 0 Å². The van der Waals surface area contributed by atoms with Crippen LogP contribution in [0.2, 0.25) is 0 Å². The van der Waals surface area contributed by atoms with Crippen LogP contribution in [0.4, 0.5) is 0 Å². The van der Waals surface area contributed by atoms with Crippen LogP contribution in [-0.2, 0) is 0 Å². The summed E-state index contributed by atoms with van der Waals surface area (Å²) in [7, 11) is 1.00. The van der Waals surface area contributed by atoms with Crippen LogP contribution in [0.3, 0.4) is 0 Å². The average molecular weight is 170 g/mol. The summed E-state index contributed by atoms with van der Waals surface area (Å²) in [5, 5.41) is 7.00. The van der Waals surface area contributed by atoms with Crippen molar-refractivity contribution in [2.75, 3.05) is 7.11 Å². The van der Waals surface area contributed by atoms with Gasteiger partial charge in [0.2, 0.25) is 0 Å². The van der Waals surface area contributed by atoms with Gasteiger partial charge in [0.15, 0.2) is 0 Å². The van der Waals surface area contributed by atoms with E-state index in [2.05, 4.69) is 39.0 Å². The van der Waals surface area contributed by atoms with Crippen LogP contribution < -0.4 is 0 Å². The van der Waals surface area contributed by atoms with Crippen LogP contribution in [0.15, 0.2) is 23.8 Å². The Morgan fingerprint density at radius 2 is 1.75 bits per heavy atom. The molecule has 0 amide bonds. The highest BCUT2D eigenvalue weighted by Crippen LogP contribution is 2.06. The van der Waals surface area contributed by atoms with Crippen molar-refractivity contribution >= 4 is 0 Å². The normalized spacial score (nSPS) is 13.2. The summed E-state index contributed by atoms with van der Waals surface area (Å²) in [4.78, 5) is 0. The standard InChI is InChI=1S/C7H10.C3H8.CH4O/c1-7-5-3-2-4-6-7;1-3-2;1-2/h3,5-6H,2,4H2,1H3;3H2,1-2H3;2H,1H3. The van der Waals surface area contributed by atoms with E-state index < -0.39 is 0 Å². The Labute approximate surface area is 76.8 Å². The quantitative estimate of drug-likeness (QED) is 0.591. The molecule has 1 aliphatic carbocycles. The smallest absolute Gasteiger partial charge is 0.0319 e. The molecule has 1 rings (SSSR count). The Bertz CT molecular complexity index is 123. The van der Waals surface area contributed by atoms with E-state index in [-0.39, 0.29) is 0 Å². The Hall–Kier alpha value is -0.560. The van der Waals surface area contributed by atoms with Gasteiger partial charge < -0.3 is 5.11 Å². The third kappa shape index (κ3) is 12.1. The summed E-state index contributed by atoms with van der Waals surface area (Å²) >= 11 is 0. The van der Waals surface area contributed by atoms with E-state index in [0.717, 1.165) is 7.11 Å². The predicted molar refractivity (Wildman–Crippen MR) is 56.2 cm³/mol. The van der Waals surface area contributed by atoms with E-state index in [1.54, 1.807) is 0 Å². The minimum atomic E-state index is 1.00. The maximum Gasteiger partial charge on any atom is 0.0319 e. The summed E-state index contributed by atoms with van der Waals surface area (Å²) < 4.78 is 0. The van der Waals surface area contributed by atoms with Gasteiger partial charge in [0.1, 0.15) is 0 Å². The average Bonchev–Trinajstić information content (AvgIpc) is 2.11. The fourth-order valence-electron chi connectivity index (χ4n) is 0.744. The maximum absolute atomic E-state index is 7.00. The van der Waals surface area contributed by atoms with Gasteiger partial charge in [-0.1, -0.05) is 44.1 Å². The first kappa shape index (κ1) is 14.0. The van der Waals surface area contributed by atoms with E-state index in [1.807, 2.05) is 0 Å². The fourth-order valence-corrected chi connectivity index (χ4v) is 0.744. The molecule has 0 fully saturated rings. The maximum atomic E-state index is 7.00. The molecular weight excluding hydrogens is 148 g/mol. The van der Waals surface area contributed by atoms with Gasteiger partial charge in [-0.15, -0.1) is 0 Å². The lowest BCUT2D eigenvalue weighted by molar-refractivity contribution is 0.399. The lowest BCUT2D eigenvalue weighted by Gasteiger charge is -1.96. The number of hydrogen-bond acceptors (Lipinski definition) is 1. The molecule has 0 aromatic carbocycles. The van der Waals surface area contributed by atoms with Gasteiger partial charge in [-0.25, -0.2) is 0 Å². The summed E-state index contributed by atoms with van der Waals surface area (Å²) in [5.74, 6) is 0. The van der Waals surface area contributed by atoms with Gasteiger partial charge in [-0.2, -0.15) is 0 Å². The van der Waals surface area contributed by atoms with E-state index >= 15 is 0 Å². The van der Waals surface area contributed by atoms with Crippen molar-refractivity contribution < 1.29 is 5.11 Å². The molecular formula is C11H22O. The highest BCUT2D eigenvalue weighted by atomic mass is 16.2. The molecule has 1 N–H and O–H groups in total. The Balaban J connectivity index is 0. The molecule has 12 heavy (non-hydrogen) atoms. The highest BCUT2D eigenvalue weighted by Gasteiger charge is 1.86. The molecule has 0 bridgehead atoms. The highest BCUT2D eigenvalue weighted by molar-refractivity contribution is 5.18. The molecule has 0 radical (unpaired) electrons. The van der Waals surface area contributed by atoms with Crippen LogP contribution in [0.1, 0.15) is 40.0 Å². The SMILES string of the molecule is CC1=CCCC=C1.CCC.CO. The van der Waals surface area contributed by atoms with Crippen molar-refractivity contribution in [1.29, 1.82) is 0 Å². The molecule has 0 spiro atoms. The third-order valence-corrected chi connectivity index (χ3v) is 1.18. The van der Waals surface area contributed by atoms with Gasteiger partial charge in [-0.05, 0) is 19.8 Å². The van der Waals surface area contributed by atoms with Crippen molar-refractivity contribution in [2.45, 2.75) is 40.0 Å². The van der Waals surface area contributed by atoms with Crippen LogP contribution in [0.25, 0.3) is 0 Å². The predicted octanol–water partition coefficient (Wildman–Crippen LogP) is 3.31. The first-order chi connectivity index (χ1) is 5.81. The second-order valence-corrected chi connectivity index (χ2v) is 2.63. The number of hydrogen-bond donors (Lipinski definition) is 1. The monoisotopic (exact) mass is 170 g/mol. The molecule has 0 atom stereocenters. The van der Waals surface area contributed by atoms with Gasteiger partial charge >= 0.3 is 0 Å². The van der Waals surface area contributed by atoms with Gasteiger partial charge in [0.25, 0.3) is 0 Å². The molecule has 1 nitrogen and oxygen atoms in total. The topological polar surface area (TPSA) is 20.2 Å². The Morgan fingerprint density at radius 3 is 1.92 bits per heavy atom. The zero-order valence-corrected chi connectivity index (χ0v) is 8.80. The molecule has 1 aliphatic rings. The van der Waals surface area contributed by atoms with Crippen molar-refractivity contribution in [3.8, 4) is 0 Å². The Kier molecular flexibility index (Phi) is 15.2. The first-order valence-electron chi connectivity index (χ1n) is 4.59. The molecule has 0 unspecified atom stereocenters. The lowest BCUT2D eigenvalue weighted by atomic mass is 10.1. The van der Waals surface area contributed by atoms with Crippen LogP contribution in [0, 0.1) is 0 Å². The van der Waals surface area contributed by atoms with E-state index in [0.29, 0.717) is 0 Å². The largest absolute Gasteiger partial charge is 0.400 e. The molecule has 0 aromatic heterocycles. The third-order valence-electron chi connectivity index (χ3n) is 1.18. The van der Waals surface area contributed by atoms with E-state index in [9.17, 15) is 0 Å². The fraction of sp³-hybridized carbons (Fsp3) is 0.636. The van der Waals surface area contributed by atoms with Crippen molar-refractivity contribution in [3.05, 3.63) is 23.8 Å². The van der Waals surface area contributed by atoms with Crippen LogP contribution in [-0.4, -0.2) is 12.2 Å². The summed E-state index contributed by atoms with van der Waals surface area (Å²) in [5.41, 5.74) is 1.41. The zero-order chi connectivity index (χ0) is 9.82. The van der Waals surface area contributed by atoms with Gasteiger partial charge in [0.05, 0.1) is 0 Å². The zero-order valence-electron chi connectivity index (χ0n) is 8.80. The molecule has 0 aliphatic heterocycles. The summed E-state index contributed by atoms with van der Waals surface area (Å²) in [6.45, 7) is 6.38. The molecule has 72 valence electrons. The van der Waals surface area contributed by atoms with Gasteiger partial charge in [-0.3, -0.25) is 0 Å². The van der Waals surface area contributed by atoms with Crippen LogP contribution in [0.5, 0.6) is 0 Å². The first-order valence-corrected chi connectivity index (χ1v) is 4.59. The minimum Gasteiger partial charge on any atom is -0.400 e. The summed E-state index contributed by atoms with van der Waals surface area (Å²) in [6.07, 6.45) is 10.4. The van der Waals surface area contributed by atoms with Crippen molar-refractivity contribution in [3.63, 3.8) is 0 Å². The number of aliphatic hydroxyl groups excluding tert-OH is 1. The second-order valence-electron chi connectivity index (χ2n) is 2.63. The molecule has 0 aromatic rings. The molecule has 1 heteroatoms. The number of allylic oxidation sites excluding steroid dienone is 4. The van der Waals surface area contributed by atoms with Gasteiger partial charge in [0, 0.05) is 7.11 Å². The Morgan fingerprint density at radius 1 is 1.25 bits per heavy atom. The molecule has 0 saturated heterocycles. The molecule has 0 saturated carbocycles. The van der Waals surface area contributed by atoms with Crippen molar-refractivity contribution in [1.82, 2.24) is 0 Å². The minimum absolute atomic E-state index is 1.00. The number of aliphatic hydroxyl groups is 1. The van der Waals surface area contributed by atoms with Crippen molar-refractivity contribution in [2.24, 2.45) is 0 Å². The summed E-state index contributed by atoms with van der Waals surface area (Å²) in [6, 6.07) is 0. The molecule has 0 heterocycles. The van der Waals surface area contributed by atoms with E-state index in [4.69, 9.17) is 5.11 Å². The number of rotatable bonds is 0. The lowest BCUT2D eigenvalue weighted by Crippen LogP contribution is -1.76. The van der Waals surface area contributed by atoms with E-state index in [1.165, 1.54) is 24.8 Å².